The molecule has 1 N–H and O–H groups in total. The molecule has 1 aromatic heterocycles. The van der Waals surface area contributed by atoms with Crippen molar-refractivity contribution in [3.63, 3.8) is 0 Å². The van der Waals surface area contributed by atoms with Crippen molar-refractivity contribution in [1.82, 2.24) is 9.55 Å². The Kier molecular flexibility index (Phi) is 3.73. The number of aliphatic hydroxyl groups excluding tert-OH is 1. The standard InChI is InChI=1S/C14H17ClN2O/c1-9(2)10-4-6-11(7-5-10)14-16-12(8-18)13(15)17(14)3/h4-7,9,18H,8H2,1-3H3. The van der Waals surface area contributed by atoms with Crippen LogP contribution in [0.2, 0.25) is 5.15 Å². The van der Waals surface area contributed by atoms with Gasteiger partial charge in [-0.1, -0.05) is 49.7 Å². The highest BCUT2D eigenvalue weighted by molar-refractivity contribution is 6.30. The van der Waals surface area contributed by atoms with Crippen molar-refractivity contribution in [3.05, 3.63) is 40.7 Å². The average Bonchev–Trinajstić information content (AvgIpc) is 2.66. The van der Waals surface area contributed by atoms with E-state index < -0.39 is 0 Å². The number of aromatic nitrogens is 2. The normalized spacial score (nSPS) is 11.2. The van der Waals surface area contributed by atoms with Crippen molar-refractivity contribution in [3.8, 4) is 11.4 Å². The molecule has 96 valence electrons. The molecule has 0 amide bonds. The molecular weight excluding hydrogens is 248 g/mol. The van der Waals surface area contributed by atoms with Crippen molar-refractivity contribution in [2.75, 3.05) is 0 Å². The van der Waals surface area contributed by atoms with Gasteiger partial charge in [0.05, 0.1) is 6.61 Å². The molecule has 4 heteroatoms. The zero-order valence-electron chi connectivity index (χ0n) is 10.8. The molecular formula is C14H17ClN2O. The van der Waals surface area contributed by atoms with Crippen LogP contribution in [0.3, 0.4) is 0 Å². The predicted octanol–water partition coefficient (Wildman–Crippen LogP) is 3.36. The van der Waals surface area contributed by atoms with Gasteiger partial charge in [-0.25, -0.2) is 4.98 Å². The largest absolute Gasteiger partial charge is 0.390 e. The van der Waals surface area contributed by atoms with E-state index in [4.69, 9.17) is 16.7 Å². The molecule has 2 rings (SSSR count). The summed E-state index contributed by atoms with van der Waals surface area (Å²) >= 11 is 6.09. The Balaban J connectivity index is 2.42. The maximum atomic E-state index is 9.16. The first-order valence-electron chi connectivity index (χ1n) is 5.97. The Hall–Kier alpha value is -1.32. The Bertz CT molecular complexity index is 544. The quantitative estimate of drug-likeness (QED) is 0.923. The molecule has 0 atom stereocenters. The smallest absolute Gasteiger partial charge is 0.141 e. The highest BCUT2D eigenvalue weighted by atomic mass is 35.5. The van der Waals surface area contributed by atoms with Gasteiger partial charge < -0.3 is 9.67 Å². The van der Waals surface area contributed by atoms with E-state index in [2.05, 4.69) is 31.0 Å². The molecule has 1 heterocycles. The van der Waals surface area contributed by atoms with Gasteiger partial charge in [0.25, 0.3) is 0 Å². The van der Waals surface area contributed by atoms with E-state index in [1.165, 1.54) is 5.56 Å². The van der Waals surface area contributed by atoms with Crippen LogP contribution in [-0.4, -0.2) is 14.7 Å². The van der Waals surface area contributed by atoms with Crippen LogP contribution in [0.5, 0.6) is 0 Å². The minimum atomic E-state index is -0.142. The van der Waals surface area contributed by atoms with Crippen LogP contribution in [-0.2, 0) is 13.7 Å². The first-order valence-corrected chi connectivity index (χ1v) is 6.34. The van der Waals surface area contributed by atoms with Crippen LogP contribution < -0.4 is 0 Å². The summed E-state index contributed by atoms with van der Waals surface area (Å²) in [6.45, 7) is 4.18. The topological polar surface area (TPSA) is 38.1 Å². The number of hydrogen-bond acceptors (Lipinski definition) is 2. The zero-order chi connectivity index (χ0) is 13.3. The molecule has 0 aliphatic rings. The third kappa shape index (κ3) is 2.28. The second-order valence-corrected chi connectivity index (χ2v) is 5.02. The van der Waals surface area contributed by atoms with Gasteiger partial charge >= 0.3 is 0 Å². The van der Waals surface area contributed by atoms with Gasteiger partial charge in [-0.2, -0.15) is 0 Å². The van der Waals surface area contributed by atoms with Crippen LogP contribution >= 0.6 is 11.6 Å². The van der Waals surface area contributed by atoms with Gasteiger partial charge in [-0.15, -0.1) is 0 Å². The first-order chi connectivity index (χ1) is 8.54. The van der Waals surface area contributed by atoms with E-state index in [1.54, 1.807) is 4.57 Å². The van der Waals surface area contributed by atoms with Crippen LogP contribution in [0, 0.1) is 0 Å². The number of benzene rings is 1. The lowest BCUT2D eigenvalue weighted by molar-refractivity contribution is 0.277. The molecule has 1 aromatic carbocycles. The van der Waals surface area contributed by atoms with Crippen LogP contribution in [0.1, 0.15) is 31.0 Å². The molecule has 0 unspecified atom stereocenters. The first kappa shape index (κ1) is 13.1. The van der Waals surface area contributed by atoms with Crippen molar-refractivity contribution < 1.29 is 5.11 Å². The van der Waals surface area contributed by atoms with E-state index in [0.717, 1.165) is 11.4 Å². The van der Waals surface area contributed by atoms with Gasteiger partial charge in [-0.05, 0) is 11.5 Å². The number of rotatable bonds is 3. The lowest BCUT2D eigenvalue weighted by atomic mass is 10.0. The second-order valence-electron chi connectivity index (χ2n) is 4.67. The third-order valence-electron chi connectivity index (χ3n) is 3.08. The fourth-order valence-electron chi connectivity index (χ4n) is 1.91. The highest BCUT2D eigenvalue weighted by Crippen LogP contribution is 2.26. The number of halogens is 1. The van der Waals surface area contributed by atoms with Crippen LogP contribution in [0.25, 0.3) is 11.4 Å². The maximum absolute atomic E-state index is 9.16. The van der Waals surface area contributed by atoms with Crippen LogP contribution in [0.4, 0.5) is 0 Å². The van der Waals surface area contributed by atoms with E-state index in [9.17, 15) is 0 Å². The summed E-state index contributed by atoms with van der Waals surface area (Å²) in [7, 11) is 1.85. The van der Waals surface area contributed by atoms with E-state index in [-0.39, 0.29) is 6.61 Å². The summed E-state index contributed by atoms with van der Waals surface area (Å²) in [5.41, 5.74) is 2.81. The summed E-state index contributed by atoms with van der Waals surface area (Å²) in [5, 5.41) is 9.65. The van der Waals surface area contributed by atoms with Gasteiger partial charge in [0.15, 0.2) is 0 Å². The Morgan fingerprint density at radius 3 is 2.33 bits per heavy atom. The molecule has 0 radical (unpaired) electrons. The SMILES string of the molecule is CC(C)c1ccc(-c2nc(CO)c(Cl)n2C)cc1. The summed E-state index contributed by atoms with van der Waals surface area (Å²) in [6, 6.07) is 8.27. The molecule has 18 heavy (non-hydrogen) atoms. The van der Waals surface area contributed by atoms with Crippen LogP contribution in [0.15, 0.2) is 24.3 Å². The van der Waals surface area contributed by atoms with Gasteiger partial charge in [-0.3, -0.25) is 0 Å². The highest BCUT2D eigenvalue weighted by Gasteiger charge is 2.13. The van der Waals surface area contributed by atoms with Gasteiger partial charge in [0.2, 0.25) is 0 Å². The number of hydrogen-bond donors (Lipinski definition) is 1. The molecule has 0 spiro atoms. The summed E-state index contributed by atoms with van der Waals surface area (Å²) in [5.74, 6) is 1.29. The van der Waals surface area contributed by atoms with Gasteiger partial charge in [0.1, 0.15) is 16.7 Å². The van der Waals surface area contributed by atoms with Crippen molar-refractivity contribution in [2.24, 2.45) is 7.05 Å². The fraction of sp³-hybridized carbons (Fsp3) is 0.357. The minimum absolute atomic E-state index is 0.142. The number of imidazole rings is 1. The molecule has 0 aliphatic carbocycles. The molecule has 2 aromatic rings. The molecule has 0 fully saturated rings. The second kappa shape index (κ2) is 5.12. The van der Waals surface area contributed by atoms with Crippen molar-refractivity contribution >= 4 is 11.6 Å². The zero-order valence-corrected chi connectivity index (χ0v) is 11.6. The maximum Gasteiger partial charge on any atom is 0.141 e. The number of nitrogens with zero attached hydrogens (tertiary/aromatic N) is 2. The molecule has 3 nitrogen and oxygen atoms in total. The molecule has 0 bridgehead atoms. The third-order valence-corrected chi connectivity index (χ3v) is 3.55. The summed E-state index contributed by atoms with van der Waals surface area (Å²) in [6.07, 6.45) is 0. The molecule has 0 saturated carbocycles. The Morgan fingerprint density at radius 1 is 1.28 bits per heavy atom. The minimum Gasteiger partial charge on any atom is -0.390 e. The lowest BCUT2D eigenvalue weighted by Crippen LogP contribution is -1.93. The number of aliphatic hydroxyl groups is 1. The molecule has 0 saturated heterocycles. The fourth-order valence-corrected chi connectivity index (χ4v) is 2.09. The van der Waals surface area contributed by atoms with E-state index in [1.807, 2.05) is 19.2 Å². The van der Waals surface area contributed by atoms with Crippen molar-refractivity contribution in [1.29, 1.82) is 0 Å². The lowest BCUT2D eigenvalue weighted by Gasteiger charge is -2.07. The van der Waals surface area contributed by atoms with Gasteiger partial charge in [0, 0.05) is 12.6 Å². The molecule has 0 aliphatic heterocycles. The Labute approximate surface area is 112 Å². The van der Waals surface area contributed by atoms with Crippen molar-refractivity contribution in [2.45, 2.75) is 26.4 Å². The summed E-state index contributed by atoms with van der Waals surface area (Å²) in [4.78, 5) is 4.35. The monoisotopic (exact) mass is 264 g/mol. The summed E-state index contributed by atoms with van der Waals surface area (Å²) < 4.78 is 1.79. The Morgan fingerprint density at radius 2 is 1.89 bits per heavy atom. The average molecular weight is 265 g/mol. The van der Waals surface area contributed by atoms with E-state index >= 15 is 0 Å². The predicted molar refractivity (Wildman–Crippen MR) is 73.7 cm³/mol. The van der Waals surface area contributed by atoms with E-state index in [0.29, 0.717) is 16.8 Å².